The number of aryl methyl sites for hydroxylation is 1. The predicted molar refractivity (Wildman–Crippen MR) is 42.2 cm³/mol. The van der Waals surface area contributed by atoms with Crippen molar-refractivity contribution in [2.45, 2.75) is 6.92 Å². The molecule has 0 saturated carbocycles. The largest absolute Gasteiger partial charge is 0.428 e. The second-order valence-corrected chi connectivity index (χ2v) is 2.81. The van der Waals surface area contributed by atoms with Crippen LogP contribution in [0.4, 0.5) is 0 Å². The van der Waals surface area contributed by atoms with Gasteiger partial charge in [0.2, 0.25) is 0 Å². The Labute approximate surface area is 68.6 Å². The molecule has 1 aromatic heterocycles. The average Bonchev–Trinajstić information content (AvgIpc) is 1.84. The second-order valence-electron chi connectivity index (χ2n) is 1.99. The van der Waals surface area contributed by atoms with Crippen LogP contribution in [0.2, 0.25) is 5.02 Å². The molecule has 0 saturated heterocycles. The Bertz CT molecular complexity index is 307. The Balaban J connectivity index is 3.43. The number of aromatic nitrogens is 1. The number of hydrogen-bond donors (Lipinski definition) is 1. The van der Waals surface area contributed by atoms with E-state index >= 15 is 0 Å². The maximum Gasteiger partial charge on any atom is 0.143 e. The highest BCUT2D eigenvalue weighted by Crippen LogP contribution is 2.13. The molecule has 0 radical (unpaired) electrons. The van der Waals surface area contributed by atoms with E-state index in [1.807, 2.05) is 0 Å². The highest BCUT2D eigenvalue weighted by atomic mass is 35.5. The van der Waals surface area contributed by atoms with Gasteiger partial charge in [0, 0.05) is 11.2 Å². The first-order valence-electron chi connectivity index (χ1n) is 2.69. The van der Waals surface area contributed by atoms with Crippen LogP contribution in [-0.4, -0.2) is 9.94 Å². The zero-order valence-corrected chi connectivity index (χ0v) is 6.91. The van der Waals surface area contributed by atoms with Gasteiger partial charge in [-0.05, 0) is 18.6 Å². The lowest BCUT2D eigenvalue weighted by Gasteiger charge is -1.99. The van der Waals surface area contributed by atoms with Crippen molar-refractivity contribution in [1.29, 1.82) is 0 Å². The van der Waals surface area contributed by atoms with Gasteiger partial charge < -0.3 is 5.21 Å². The number of pyridine rings is 1. The van der Waals surface area contributed by atoms with Crippen LogP contribution in [0.3, 0.4) is 0 Å². The van der Waals surface area contributed by atoms with Gasteiger partial charge in [0.1, 0.15) is 4.64 Å². The first-order chi connectivity index (χ1) is 4.61. The Morgan fingerprint density at radius 2 is 2.30 bits per heavy atom. The first-order valence-corrected chi connectivity index (χ1v) is 3.48. The fourth-order valence-electron chi connectivity index (χ4n) is 0.597. The van der Waals surface area contributed by atoms with Crippen LogP contribution >= 0.6 is 23.8 Å². The second kappa shape index (κ2) is 2.60. The van der Waals surface area contributed by atoms with Crippen LogP contribution in [0.1, 0.15) is 5.56 Å². The van der Waals surface area contributed by atoms with Crippen LogP contribution in [0.5, 0.6) is 0 Å². The molecule has 1 N–H and O–H groups in total. The van der Waals surface area contributed by atoms with Crippen LogP contribution in [-0.2, 0) is 0 Å². The predicted octanol–water partition coefficient (Wildman–Crippen LogP) is 2.42. The molecule has 54 valence electrons. The summed E-state index contributed by atoms with van der Waals surface area (Å²) >= 11 is 10.4. The summed E-state index contributed by atoms with van der Waals surface area (Å²) in [5.74, 6) is 0. The first kappa shape index (κ1) is 7.57. The summed E-state index contributed by atoms with van der Waals surface area (Å²) in [5, 5.41) is 9.56. The molecular formula is C6H6ClNOS. The van der Waals surface area contributed by atoms with Crippen molar-refractivity contribution in [3.05, 3.63) is 27.5 Å². The third kappa shape index (κ3) is 1.30. The van der Waals surface area contributed by atoms with E-state index in [-0.39, 0.29) is 0 Å². The zero-order valence-electron chi connectivity index (χ0n) is 5.34. The average molecular weight is 176 g/mol. The van der Waals surface area contributed by atoms with E-state index in [1.165, 1.54) is 12.3 Å². The summed E-state index contributed by atoms with van der Waals surface area (Å²) in [6.07, 6.45) is 1.48. The summed E-state index contributed by atoms with van der Waals surface area (Å²) in [5.41, 5.74) is 0.803. The molecule has 0 aromatic carbocycles. The summed E-state index contributed by atoms with van der Waals surface area (Å²) in [6.45, 7) is 1.80. The third-order valence-electron chi connectivity index (χ3n) is 1.17. The van der Waals surface area contributed by atoms with Crippen molar-refractivity contribution in [3.8, 4) is 0 Å². The van der Waals surface area contributed by atoms with Gasteiger partial charge in [0.25, 0.3) is 0 Å². The quantitative estimate of drug-likeness (QED) is 0.484. The third-order valence-corrected chi connectivity index (χ3v) is 1.88. The van der Waals surface area contributed by atoms with Crippen molar-refractivity contribution >= 4 is 23.8 Å². The van der Waals surface area contributed by atoms with E-state index in [4.69, 9.17) is 29.0 Å². The van der Waals surface area contributed by atoms with Gasteiger partial charge in [-0.15, -0.1) is 0 Å². The van der Waals surface area contributed by atoms with Crippen LogP contribution < -0.4 is 0 Å². The van der Waals surface area contributed by atoms with E-state index < -0.39 is 0 Å². The van der Waals surface area contributed by atoms with Gasteiger partial charge in [0.15, 0.2) is 0 Å². The Morgan fingerprint density at radius 3 is 2.80 bits per heavy atom. The molecule has 0 spiro atoms. The number of hydrogen-bond acceptors (Lipinski definition) is 2. The van der Waals surface area contributed by atoms with E-state index in [0.717, 1.165) is 10.3 Å². The van der Waals surface area contributed by atoms with Crippen molar-refractivity contribution in [2.24, 2.45) is 0 Å². The molecular weight excluding hydrogens is 170 g/mol. The maximum atomic E-state index is 8.98. The molecule has 2 nitrogen and oxygen atoms in total. The van der Waals surface area contributed by atoms with Crippen LogP contribution in [0.25, 0.3) is 0 Å². The topological polar surface area (TPSA) is 25.2 Å². The van der Waals surface area contributed by atoms with Crippen LogP contribution in [0, 0.1) is 11.6 Å². The van der Waals surface area contributed by atoms with Gasteiger partial charge in [-0.25, -0.2) is 0 Å². The Morgan fingerprint density at radius 1 is 1.70 bits per heavy atom. The molecule has 0 unspecified atom stereocenters. The molecule has 1 aromatic rings. The number of rotatable bonds is 0. The number of halogens is 1. The maximum absolute atomic E-state index is 8.98. The van der Waals surface area contributed by atoms with E-state index in [1.54, 1.807) is 6.92 Å². The fraction of sp³-hybridized carbons (Fsp3) is 0.167. The van der Waals surface area contributed by atoms with E-state index in [9.17, 15) is 0 Å². The summed E-state index contributed by atoms with van der Waals surface area (Å²) in [4.78, 5) is 0. The Kier molecular flexibility index (Phi) is 1.97. The smallest absolute Gasteiger partial charge is 0.143 e. The molecule has 1 rings (SSSR count). The lowest BCUT2D eigenvalue weighted by Crippen LogP contribution is -1.93. The van der Waals surface area contributed by atoms with E-state index in [2.05, 4.69) is 0 Å². The molecule has 10 heavy (non-hydrogen) atoms. The van der Waals surface area contributed by atoms with Crippen molar-refractivity contribution in [3.63, 3.8) is 0 Å². The van der Waals surface area contributed by atoms with Gasteiger partial charge in [-0.1, -0.05) is 23.8 Å². The molecule has 0 bridgehead atoms. The molecule has 0 aliphatic carbocycles. The van der Waals surface area contributed by atoms with Crippen molar-refractivity contribution < 1.29 is 5.21 Å². The minimum absolute atomic E-state index is 0.315. The molecule has 1 heterocycles. The summed E-state index contributed by atoms with van der Waals surface area (Å²) in [7, 11) is 0. The van der Waals surface area contributed by atoms with E-state index in [0.29, 0.717) is 9.66 Å². The van der Waals surface area contributed by atoms with Gasteiger partial charge >= 0.3 is 0 Å². The fourth-order valence-corrected chi connectivity index (χ4v) is 0.984. The normalized spacial score (nSPS) is 9.80. The molecule has 0 fully saturated rings. The highest BCUT2D eigenvalue weighted by molar-refractivity contribution is 7.71. The molecule has 4 heteroatoms. The SMILES string of the molecule is Cc1cn(O)c(=S)cc1Cl. The van der Waals surface area contributed by atoms with Gasteiger partial charge in [-0.2, -0.15) is 4.73 Å². The number of nitrogens with zero attached hydrogens (tertiary/aromatic N) is 1. The molecule has 0 atom stereocenters. The molecule has 0 amide bonds. The monoisotopic (exact) mass is 175 g/mol. The summed E-state index contributed by atoms with van der Waals surface area (Å²) in [6, 6.07) is 1.53. The minimum atomic E-state index is 0.315. The lowest BCUT2D eigenvalue weighted by atomic mass is 10.3. The van der Waals surface area contributed by atoms with Crippen LogP contribution in [0.15, 0.2) is 12.3 Å². The lowest BCUT2D eigenvalue weighted by molar-refractivity contribution is 0.180. The molecule has 0 aliphatic heterocycles. The molecule has 0 aliphatic rings. The highest BCUT2D eigenvalue weighted by Gasteiger charge is 1.95. The van der Waals surface area contributed by atoms with Gasteiger partial charge in [0.05, 0.1) is 0 Å². The summed E-state index contributed by atoms with van der Waals surface area (Å²) < 4.78 is 1.19. The van der Waals surface area contributed by atoms with Crippen molar-refractivity contribution in [2.75, 3.05) is 0 Å². The zero-order chi connectivity index (χ0) is 7.72. The standard InChI is InChI=1S/C6H6ClNOS/c1-4-3-8(9)6(10)2-5(4)7/h2-3,9H,1H3. The Hall–Kier alpha value is -0.540. The van der Waals surface area contributed by atoms with Crippen molar-refractivity contribution in [1.82, 2.24) is 4.73 Å². The van der Waals surface area contributed by atoms with Gasteiger partial charge in [-0.3, -0.25) is 0 Å². The minimum Gasteiger partial charge on any atom is -0.428 e.